The van der Waals surface area contributed by atoms with E-state index in [1.54, 1.807) is 36.4 Å². The largest absolute Gasteiger partial charge is 0.358 e. The van der Waals surface area contributed by atoms with E-state index in [1.807, 2.05) is 18.2 Å². The van der Waals surface area contributed by atoms with Gasteiger partial charge in [-0.15, -0.1) is 0 Å². The molecule has 5 heteroatoms. The summed E-state index contributed by atoms with van der Waals surface area (Å²) in [6.07, 6.45) is 0. The van der Waals surface area contributed by atoms with Crippen molar-refractivity contribution in [3.8, 4) is 5.88 Å². The first kappa shape index (κ1) is 12.6. The molecule has 3 rings (SSSR count). The van der Waals surface area contributed by atoms with Crippen molar-refractivity contribution in [2.24, 2.45) is 0 Å². The summed E-state index contributed by atoms with van der Waals surface area (Å²) in [6.45, 7) is 0. The van der Waals surface area contributed by atoms with Gasteiger partial charge in [0, 0.05) is 11.5 Å². The number of para-hydroxylation sites is 1. The highest BCUT2D eigenvalue weighted by Gasteiger charge is 2.16. The average molecular weight is 285 g/mol. The maximum atomic E-state index is 12.1. The molecule has 0 N–H and O–H groups in total. The van der Waals surface area contributed by atoms with Crippen molar-refractivity contribution in [2.75, 3.05) is 0 Å². The lowest BCUT2D eigenvalue weighted by Gasteiger charge is -2.06. The van der Waals surface area contributed by atoms with Crippen LogP contribution in [-0.4, -0.2) is 13.4 Å². The molecule has 3 aromatic rings. The summed E-state index contributed by atoms with van der Waals surface area (Å²) in [5, 5.41) is 0.928. The van der Waals surface area contributed by atoms with Gasteiger partial charge in [0.15, 0.2) is 0 Å². The second kappa shape index (κ2) is 4.94. The zero-order valence-corrected chi connectivity index (χ0v) is 11.2. The van der Waals surface area contributed by atoms with Crippen molar-refractivity contribution >= 4 is 21.0 Å². The second-order valence-electron chi connectivity index (χ2n) is 4.19. The lowest BCUT2D eigenvalue weighted by molar-refractivity contribution is 0.477. The lowest BCUT2D eigenvalue weighted by Crippen LogP contribution is -2.10. The molecule has 2 aromatic carbocycles. The average Bonchev–Trinajstić information content (AvgIpc) is 2.48. The maximum absolute atomic E-state index is 12.1. The van der Waals surface area contributed by atoms with Crippen LogP contribution in [0.2, 0.25) is 0 Å². The number of aromatic nitrogens is 1. The third kappa shape index (κ3) is 2.48. The molecule has 0 aliphatic heterocycles. The van der Waals surface area contributed by atoms with E-state index < -0.39 is 10.1 Å². The number of benzene rings is 2. The Balaban J connectivity index is 1.97. The molecule has 0 saturated heterocycles. The van der Waals surface area contributed by atoms with Crippen LogP contribution >= 0.6 is 0 Å². The van der Waals surface area contributed by atoms with Crippen molar-refractivity contribution in [3.63, 3.8) is 0 Å². The molecule has 0 radical (unpaired) electrons. The molecule has 0 unspecified atom stereocenters. The van der Waals surface area contributed by atoms with Gasteiger partial charge in [0.1, 0.15) is 4.90 Å². The minimum atomic E-state index is -3.84. The quantitative estimate of drug-likeness (QED) is 0.694. The van der Waals surface area contributed by atoms with Crippen molar-refractivity contribution in [1.29, 1.82) is 0 Å². The Bertz CT molecular complexity index is 845. The SMILES string of the molecule is O=S(=O)(Oc1ccc2ccccc2n1)c1ccccc1. The second-order valence-corrected chi connectivity index (χ2v) is 5.74. The van der Waals surface area contributed by atoms with Crippen LogP contribution in [0.3, 0.4) is 0 Å². The fraction of sp³-hybridized carbons (Fsp3) is 0. The Morgan fingerprint density at radius 1 is 0.800 bits per heavy atom. The molecule has 0 amide bonds. The van der Waals surface area contributed by atoms with E-state index in [0.29, 0.717) is 5.52 Å². The van der Waals surface area contributed by atoms with E-state index >= 15 is 0 Å². The van der Waals surface area contributed by atoms with Gasteiger partial charge in [-0.05, 0) is 24.3 Å². The van der Waals surface area contributed by atoms with Gasteiger partial charge in [-0.1, -0.05) is 36.4 Å². The van der Waals surface area contributed by atoms with Gasteiger partial charge in [0.25, 0.3) is 0 Å². The van der Waals surface area contributed by atoms with Gasteiger partial charge in [0.2, 0.25) is 5.88 Å². The summed E-state index contributed by atoms with van der Waals surface area (Å²) < 4.78 is 29.2. The van der Waals surface area contributed by atoms with Crippen LogP contribution in [-0.2, 0) is 10.1 Å². The van der Waals surface area contributed by atoms with Crippen LogP contribution in [0.4, 0.5) is 0 Å². The predicted octanol–water partition coefficient (Wildman–Crippen LogP) is 3.00. The fourth-order valence-electron chi connectivity index (χ4n) is 1.84. The molecule has 1 heterocycles. The molecule has 0 aliphatic rings. The standard InChI is InChI=1S/C15H11NO3S/c17-20(18,13-7-2-1-3-8-13)19-15-11-10-12-6-4-5-9-14(12)16-15/h1-11H. The summed E-state index contributed by atoms with van der Waals surface area (Å²) >= 11 is 0. The van der Waals surface area contributed by atoms with Gasteiger partial charge in [0.05, 0.1) is 5.52 Å². The molecule has 0 aliphatic carbocycles. The topological polar surface area (TPSA) is 56.3 Å². The van der Waals surface area contributed by atoms with Crippen molar-refractivity contribution in [2.45, 2.75) is 4.90 Å². The highest BCUT2D eigenvalue weighted by atomic mass is 32.2. The van der Waals surface area contributed by atoms with Crippen LogP contribution in [0.15, 0.2) is 71.6 Å². The minimum Gasteiger partial charge on any atom is -0.358 e. The number of fused-ring (bicyclic) bond motifs is 1. The maximum Gasteiger partial charge on any atom is 0.340 e. The van der Waals surface area contributed by atoms with Crippen LogP contribution in [0, 0.1) is 0 Å². The number of hydrogen-bond donors (Lipinski definition) is 0. The Morgan fingerprint density at radius 2 is 1.50 bits per heavy atom. The first-order valence-electron chi connectivity index (χ1n) is 6.00. The molecule has 0 fully saturated rings. The third-order valence-electron chi connectivity index (χ3n) is 2.80. The highest BCUT2D eigenvalue weighted by Crippen LogP contribution is 2.20. The zero-order chi connectivity index (χ0) is 14.0. The first-order chi connectivity index (χ1) is 9.65. The summed E-state index contributed by atoms with van der Waals surface area (Å²) in [5.41, 5.74) is 0.688. The van der Waals surface area contributed by atoms with Crippen LogP contribution in [0.5, 0.6) is 5.88 Å². The Labute approximate surface area is 116 Å². The van der Waals surface area contributed by atoms with Crippen LogP contribution in [0.1, 0.15) is 0 Å². The Kier molecular flexibility index (Phi) is 3.12. The molecule has 0 bridgehead atoms. The molecule has 0 spiro atoms. The monoisotopic (exact) mass is 285 g/mol. The number of nitrogens with zero attached hydrogens (tertiary/aromatic N) is 1. The molecular weight excluding hydrogens is 274 g/mol. The number of pyridine rings is 1. The Hall–Kier alpha value is -2.40. The van der Waals surface area contributed by atoms with Crippen molar-refractivity contribution < 1.29 is 12.6 Å². The van der Waals surface area contributed by atoms with Crippen molar-refractivity contribution in [3.05, 3.63) is 66.7 Å². The summed E-state index contributed by atoms with van der Waals surface area (Å²) in [7, 11) is -3.84. The van der Waals surface area contributed by atoms with E-state index in [0.717, 1.165) is 5.39 Å². The van der Waals surface area contributed by atoms with Gasteiger partial charge in [-0.25, -0.2) is 4.98 Å². The highest BCUT2D eigenvalue weighted by molar-refractivity contribution is 7.87. The number of hydrogen-bond acceptors (Lipinski definition) is 4. The molecule has 0 saturated carbocycles. The van der Waals surface area contributed by atoms with Gasteiger partial charge in [-0.3, -0.25) is 0 Å². The molecule has 1 aromatic heterocycles. The summed E-state index contributed by atoms with van der Waals surface area (Å²) in [4.78, 5) is 4.29. The predicted molar refractivity (Wildman–Crippen MR) is 76.0 cm³/mol. The van der Waals surface area contributed by atoms with Crippen LogP contribution < -0.4 is 4.18 Å². The molecule has 100 valence electrons. The zero-order valence-electron chi connectivity index (χ0n) is 10.4. The van der Waals surface area contributed by atoms with E-state index in [-0.39, 0.29) is 10.8 Å². The number of rotatable bonds is 3. The fourth-order valence-corrected chi connectivity index (χ4v) is 2.75. The first-order valence-corrected chi connectivity index (χ1v) is 7.41. The van der Waals surface area contributed by atoms with E-state index in [1.165, 1.54) is 12.1 Å². The normalized spacial score (nSPS) is 11.4. The van der Waals surface area contributed by atoms with Gasteiger partial charge >= 0.3 is 10.1 Å². The van der Waals surface area contributed by atoms with Gasteiger partial charge in [-0.2, -0.15) is 8.42 Å². The van der Waals surface area contributed by atoms with Crippen LogP contribution in [0.25, 0.3) is 10.9 Å². The smallest absolute Gasteiger partial charge is 0.340 e. The third-order valence-corrected chi connectivity index (χ3v) is 4.04. The molecule has 20 heavy (non-hydrogen) atoms. The summed E-state index contributed by atoms with van der Waals surface area (Å²) in [5.74, 6) is 0.0625. The van der Waals surface area contributed by atoms with E-state index in [9.17, 15) is 8.42 Å². The van der Waals surface area contributed by atoms with Gasteiger partial charge < -0.3 is 4.18 Å². The molecular formula is C15H11NO3S. The lowest BCUT2D eigenvalue weighted by atomic mass is 10.2. The summed E-state index contributed by atoms with van der Waals surface area (Å²) in [6, 6.07) is 18.8. The Morgan fingerprint density at radius 3 is 2.30 bits per heavy atom. The van der Waals surface area contributed by atoms with E-state index in [2.05, 4.69) is 4.98 Å². The van der Waals surface area contributed by atoms with E-state index in [4.69, 9.17) is 4.18 Å². The molecule has 0 atom stereocenters. The van der Waals surface area contributed by atoms with Crippen molar-refractivity contribution in [1.82, 2.24) is 4.98 Å². The molecule has 4 nitrogen and oxygen atoms in total. The minimum absolute atomic E-state index is 0.0625.